The molecule has 0 saturated heterocycles. The van der Waals surface area contributed by atoms with E-state index in [1.54, 1.807) is 0 Å². The van der Waals surface area contributed by atoms with Crippen molar-refractivity contribution in [3.63, 3.8) is 0 Å². The predicted octanol–water partition coefficient (Wildman–Crippen LogP) is 3.32. The summed E-state index contributed by atoms with van der Waals surface area (Å²) in [6.45, 7) is 4.09. The number of hydrogen-bond donors (Lipinski definition) is 1. The molecule has 0 spiro atoms. The van der Waals surface area contributed by atoms with Crippen molar-refractivity contribution in [2.75, 3.05) is 0 Å². The highest BCUT2D eigenvalue weighted by Gasteiger charge is 2.46. The Kier molecular flexibility index (Phi) is 1.87. The van der Waals surface area contributed by atoms with E-state index in [4.69, 9.17) is 0 Å². The van der Waals surface area contributed by atoms with E-state index < -0.39 is 0 Å². The number of benzene rings is 2. The fourth-order valence-corrected chi connectivity index (χ4v) is 3.56. The Hall–Kier alpha value is -1.86. The number of hydrogen-bond acceptors (Lipinski definition) is 1. The summed E-state index contributed by atoms with van der Waals surface area (Å²) in [6, 6.07) is 17.9. The van der Waals surface area contributed by atoms with E-state index in [2.05, 4.69) is 66.5 Å². The lowest BCUT2D eigenvalue weighted by atomic mass is 9.81. The zero-order valence-corrected chi connectivity index (χ0v) is 10.2. The lowest BCUT2D eigenvalue weighted by molar-refractivity contribution is 0.426. The van der Waals surface area contributed by atoms with Crippen LogP contribution in [0.25, 0.3) is 0 Å². The van der Waals surface area contributed by atoms with E-state index in [0.29, 0.717) is 6.04 Å². The maximum atomic E-state index is 4.09. The summed E-state index contributed by atoms with van der Waals surface area (Å²) < 4.78 is 0. The van der Waals surface area contributed by atoms with Gasteiger partial charge in [-0.15, -0.1) is 6.58 Å². The molecular weight excluding hydrogens is 218 g/mol. The van der Waals surface area contributed by atoms with Crippen LogP contribution in [0.1, 0.15) is 28.3 Å². The van der Waals surface area contributed by atoms with E-state index in [1.165, 1.54) is 22.3 Å². The van der Waals surface area contributed by atoms with Gasteiger partial charge >= 0.3 is 0 Å². The molecule has 1 nitrogen and oxygen atoms in total. The molecule has 0 radical (unpaired) electrons. The van der Waals surface area contributed by atoms with E-state index >= 15 is 0 Å². The molecular formula is C17H15N. The van der Waals surface area contributed by atoms with Crippen LogP contribution in [0.2, 0.25) is 0 Å². The van der Waals surface area contributed by atoms with Gasteiger partial charge in [-0.1, -0.05) is 54.6 Å². The quantitative estimate of drug-likeness (QED) is 0.745. The number of nitrogens with one attached hydrogen (secondary N) is 1. The van der Waals surface area contributed by atoms with Crippen LogP contribution in [0.5, 0.6) is 0 Å². The highest BCUT2D eigenvalue weighted by atomic mass is 15.1. The number of rotatable bonds is 1. The minimum atomic E-state index is -0.184. The lowest BCUT2D eigenvalue weighted by Crippen LogP contribution is -2.42. The van der Waals surface area contributed by atoms with Gasteiger partial charge in [0.25, 0.3) is 0 Å². The van der Waals surface area contributed by atoms with Gasteiger partial charge in [0.05, 0.1) is 5.54 Å². The van der Waals surface area contributed by atoms with Crippen LogP contribution in [-0.4, -0.2) is 0 Å². The van der Waals surface area contributed by atoms with Crippen molar-refractivity contribution in [3.05, 3.63) is 83.4 Å². The van der Waals surface area contributed by atoms with Crippen molar-refractivity contribution < 1.29 is 0 Å². The summed E-state index contributed by atoms with van der Waals surface area (Å²) in [5.74, 6) is 0. The molecule has 0 aliphatic carbocycles. The van der Waals surface area contributed by atoms with Crippen LogP contribution < -0.4 is 5.32 Å². The molecule has 4 rings (SSSR count). The molecule has 2 heterocycles. The lowest BCUT2D eigenvalue weighted by Gasteiger charge is -2.35. The van der Waals surface area contributed by atoms with Crippen LogP contribution in [0.15, 0.2) is 61.2 Å². The molecule has 2 aromatic carbocycles. The second kappa shape index (κ2) is 3.33. The van der Waals surface area contributed by atoms with E-state index in [1.807, 2.05) is 0 Å². The molecule has 0 fully saturated rings. The molecule has 1 heteroatoms. The molecule has 0 amide bonds. The van der Waals surface area contributed by atoms with E-state index in [9.17, 15) is 0 Å². The fourth-order valence-electron chi connectivity index (χ4n) is 3.56. The molecule has 0 saturated carbocycles. The van der Waals surface area contributed by atoms with Gasteiger partial charge in [0, 0.05) is 6.04 Å². The predicted molar refractivity (Wildman–Crippen MR) is 73.4 cm³/mol. The van der Waals surface area contributed by atoms with Gasteiger partial charge in [-0.3, -0.25) is 5.32 Å². The average molecular weight is 233 g/mol. The summed E-state index contributed by atoms with van der Waals surface area (Å²) in [5, 5.41) is 3.76. The zero-order chi connectivity index (χ0) is 12.2. The Morgan fingerprint density at radius 3 is 2.61 bits per heavy atom. The Morgan fingerprint density at radius 2 is 1.78 bits per heavy atom. The summed E-state index contributed by atoms with van der Waals surface area (Å²) >= 11 is 0. The summed E-state index contributed by atoms with van der Waals surface area (Å²) in [5.41, 5.74) is 5.41. The van der Waals surface area contributed by atoms with Gasteiger partial charge in [0.1, 0.15) is 0 Å². The molecule has 2 aliphatic heterocycles. The Bertz CT molecular complexity index is 631. The van der Waals surface area contributed by atoms with Gasteiger partial charge in [-0.25, -0.2) is 0 Å². The van der Waals surface area contributed by atoms with Crippen LogP contribution in [0, 0.1) is 0 Å². The van der Waals surface area contributed by atoms with Gasteiger partial charge in [0.15, 0.2) is 0 Å². The summed E-state index contributed by atoms with van der Waals surface area (Å²) in [7, 11) is 0. The zero-order valence-electron chi connectivity index (χ0n) is 10.2. The minimum absolute atomic E-state index is 0.184. The second-order valence-electron chi connectivity index (χ2n) is 5.16. The molecule has 88 valence electrons. The normalized spacial score (nSPS) is 27.4. The standard InChI is InChI=1S/C17H15N/c1-2-17-14-9-5-3-7-12(14)11-16(18-17)13-8-4-6-10-15(13)17/h2-10,16,18H,1,11H2. The van der Waals surface area contributed by atoms with Gasteiger partial charge < -0.3 is 0 Å². The van der Waals surface area contributed by atoms with Crippen LogP contribution in [-0.2, 0) is 12.0 Å². The maximum absolute atomic E-state index is 4.09. The van der Waals surface area contributed by atoms with Crippen molar-refractivity contribution in [3.8, 4) is 0 Å². The van der Waals surface area contributed by atoms with Crippen molar-refractivity contribution in [2.24, 2.45) is 0 Å². The molecule has 2 aliphatic rings. The van der Waals surface area contributed by atoms with Crippen molar-refractivity contribution in [1.29, 1.82) is 0 Å². The molecule has 2 atom stereocenters. The third kappa shape index (κ3) is 1.05. The average Bonchev–Trinajstić information content (AvgIpc) is 2.71. The third-order valence-electron chi connectivity index (χ3n) is 4.34. The highest BCUT2D eigenvalue weighted by molar-refractivity contribution is 5.57. The third-order valence-corrected chi connectivity index (χ3v) is 4.34. The summed E-state index contributed by atoms with van der Waals surface area (Å²) in [6.07, 6.45) is 3.13. The van der Waals surface area contributed by atoms with Gasteiger partial charge in [-0.2, -0.15) is 0 Å². The first-order valence-corrected chi connectivity index (χ1v) is 6.44. The molecule has 0 aromatic heterocycles. The van der Waals surface area contributed by atoms with Crippen LogP contribution >= 0.6 is 0 Å². The SMILES string of the molecule is C=CC12NC(Cc3ccccc31)c1ccccc12. The Balaban J connectivity index is 2.08. The Labute approximate surface area is 107 Å². The molecule has 2 bridgehead atoms. The highest BCUT2D eigenvalue weighted by Crippen LogP contribution is 2.48. The van der Waals surface area contributed by atoms with E-state index in [0.717, 1.165) is 6.42 Å². The first kappa shape index (κ1) is 10.1. The Morgan fingerprint density at radius 1 is 1.06 bits per heavy atom. The smallest absolute Gasteiger partial charge is 0.0885 e. The minimum Gasteiger partial charge on any atom is -0.293 e. The first-order chi connectivity index (χ1) is 8.85. The van der Waals surface area contributed by atoms with Gasteiger partial charge in [-0.05, 0) is 28.7 Å². The molecule has 2 unspecified atom stereocenters. The van der Waals surface area contributed by atoms with E-state index in [-0.39, 0.29) is 5.54 Å². The van der Waals surface area contributed by atoms with Crippen molar-refractivity contribution >= 4 is 0 Å². The van der Waals surface area contributed by atoms with Crippen molar-refractivity contribution in [1.82, 2.24) is 5.32 Å². The number of fused-ring (bicyclic) bond motifs is 7. The maximum Gasteiger partial charge on any atom is 0.0885 e. The van der Waals surface area contributed by atoms with Crippen molar-refractivity contribution in [2.45, 2.75) is 18.0 Å². The largest absolute Gasteiger partial charge is 0.293 e. The molecule has 2 aromatic rings. The topological polar surface area (TPSA) is 12.0 Å². The van der Waals surface area contributed by atoms with Crippen LogP contribution in [0.3, 0.4) is 0 Å². The molecule has 1 N–H and O–H groups in total. The van der Waals surface area contributed by atoms with Crippen LogP contribution in [0.4, 0.5) is 0 Å². The fraction of sp³-hybridized carbons (Fsp3) is 0.176. The second-order valence-corrected chi connectivity index (χ2v) is 5.16. The monoisotopic (exact) mass is 233 g/mol. The van der Waals surface area contributed by atoms with Gasteiger partial charge in [0.2, 0.25) is 0 Å². The first-order valence-electron chi connectivity index (χ1n) is 6.44. The summed E-state index contributed by atoms with van der Waals surface area (Å²) in [4.78, 5) is 0. The molecule has 18 heavy (non-hydrogen) atoms.